The van der Waals surface area contributed by atoms with Crippen LogP contribution < -0.4 is 10.1 Å². The van der Waals surface area contributed by atoms with E-state index in [4.69, 9.17) is 4.74 Å². The number of ether oxygens (including phenoxy) is 1. The van der Waals surface area contributed by atoms with E-state index in [9.17, 15) is 0 Å². The first-order chi connectivity index (χ1) is 10.3. The highest BCUT2D eigenvalue weighted by Crippen LogP contribution is 2.29. The molecule has 0 saturated heterocycles. The molecule has 3 aromatic rings. The molecule has 0 aliphatic rings. The van der Waals surface area contributed by atoms with Gasteiger partial charge in [-0.2, -0.15) is 10.2 Å². The Labute approximate surface area is 126 Å². The summed E-state index contributed by atoms with van der Waals surface area (Å²) in [6, 6.07) is 11.6. The number of hydrogen-bond donors (Lipinski definition) is 2. The molecule has 1 aromatic carbocycles. The maximum absolute atomic E-state index is 5.21. The first kappa shape index (κ1) is 13.4. The molecule has 0 fully saturated rings. The molecule has 6 nitrogen and oxygen atoms in total. The molecule has 0 amide bonds. The highest BCUT2D eigenvalue weighted by molar-refractivity contribution is 7.99. The van der Waals surface area contributed by atoms with Crippen molar-refractivity contribution in [2.24, 2.45) is 0 Å². The van der Waals surface area contributed by atoms with Crippen molar-refractivity contribution in [1.82, 2.24) is 20.4 Å². The molecule has 2 aromatic heterocycles. The van der Waals surface area contributed by atoms with Gasteiger partial charge in [0, 0.05) is 11.0 Å². The molecule has 0 unspecified atom stereocenters. The largest absolute Gasteiger partial charge is 0.497 e. The third-order valence-electron chi connectivity index (χ3n) is 2.68. The standard InChI is InChI=1S/C14H13N5OS/c1-20-11-3-2-4-12(8-11)21-14-7-10(9-16-19-14)17-13-5-6-15-18-13/h2-9H,1H3,(H2,15,17,18,19). The van der Waals surface area contributed by atoms with Gasteiger partial charge in [-0.1, -0.05) is 17.8 Å². The Bertz CT molecular complexity index is 717. The van der Waals surface area contributed by atoms with Crippen molar-refractivity contribution in [2.45, 2.75) is 9.92 Å². The summed E-state index contributed by atoms with van der Waals surface area (Å²) in [4.78, 5) is 1.04. The molecule has 3 rings (SSSR count). The van der Waals surface area contributed by atoms with Crippen LogP contribution in [0.25, 0.3) is 0 Å². The maximum atomic E-state index is 5.21. The van der Waals surface area contributed by atoms with Crippen molar-refractivity contribution in [3.8, 4) is 5.75 Å². The zero-order valence-electron chi connectivity index (χ0n) is 11.3. The molecule has 0 aliphatic heterocycles. The average Bonchev–Trinajstić information content (AvgIpc) is 3.01. The molecule has 0 saturated carbocycles. The highest BCUT2D eigenvalue weighted by atomic mass is 32.2. The van der Waals surface area contributed by atoms with Gasteiger partial charge in [0.25, 0.3) is 0 Å². The zero-order valence-corrected chi connectivity index (χ0v) is 12.1. The summed E-state index contributed by atoms with van der Waals surface area (Å²) < 4.78 is 5.21. The van der Waals surface area contributed by atoms with E-state index >= 15 is 0 Å². The lowest BCUT2D eigenvalue weighted by Crippen LogP contribution is -1.94. The third-order valence-corrected chi connectivity index (χ3v) is 3.57. The van der Waals surface area contributed by atoms with E-state index in [1.165, 1.54) is 11.8 Å². The fourth-order valence-electron chi connectivity index (χ4n) is 1.73. The van der Waals surface area contributed by atoms with Crippen LogP contribution in [0.2, 0.25) is 0 Å². The van der Waals surface area contributed by atoms with Gasteiger partial charge in [0.1, 0.15) is 16.6 Å². The van der Waals surface area contributed by atoms with Gasteiger partial charge in [0.2, 0.25) is 0 Å². The molecule has 0 radical (unpaired) electrons. The first-order valence-electron chi connectivity index (χ1n) is 6.24. The second-order valence-corrected chi connectivity index (χ2v) is 5.25. The fraction of sp³-hybridized carbons (Fsp3) is 0.0714. The topological polar surface area (TPSA) is 75.7 Å². The Balaban J connectivity index is 1.76. The van der Waals surface area contributed by atoms with Crippen molar-refractivity contribution >= 4 is 23.3 Å². The summed E-state index contributed by atoms with van der Waals surface area (Å²) in [5, 5.41) is 18.8. The number of nitrogens with zero attached hydrogens (tertiary/aromatic N) is 3. The first-order valence-corrected chi connectivity index (χ1v) is 7.06. The number of methoxy groups -OCH3 is 1. The number of anilines is 2. The van der Waals surface area contributed by atoms with Crippen molar-refractivity contribution in [3.05, 3.63) is 48.8 Å². The molecule has 2 heterocycles. The highest BCUT2D eigenvalue weighted by Gasteiger charge is 2.04. The second-order valence-electron chi connectivity index (χ2n) is 4.16. The Morgan fingerprint density at radius 2 is 2.19 bits per heavy atom. The van der Waals surface area contributed by atoms with Crippen molar-refractivity contribution in [1.29, 1.82) is 0 Å². The van der Waals surface area contributed by atoms with Gasteiger partial charge in [-0.15, -0.1) is 5.10 Å². The average molecular weight is 299 g/mol. The van der Waals surface area contributed by atoms with Crippen molar-refractivity contribution in [3.63, 3.8) is 0 Å². The molecule has 0 bridgehead atoms. The fourth-order valence-corrected chi connectivity index (χ4v) is 2.57. The van der Waals surface area contributed by atoms with E-state index in [0.717, 1.165) is 27.2 Å². The van der Waals surface area contributed by atoms with Gasteiger partial charge in [0.05, 0.1) is 25.2 Å². The molecule has 106 valence electrons. The van der Waals surface area contributed by atoms with Crippen LogP contribution in [-0.2, 0) is 0 Å². The summed E-state index contributed by atoms with van der Waals surface area (Å²) >= 11 is 1.52. The van der Waals surface area contributed by atoms with E-state index in [1.807, 2.05) is 36.4 Å². The summed E-state index contributed by atoms with van der Waals surface area (Å²) in [5.41, 5.74) is 0.847. The second kappa shape index (κ2) is 6.27. The number of rotatable bonds is 5. The molecule has 2 N–H and O–H groups in total. The molecular weight excluding hydrogens is 286 g/mol. The Morgan fingerprint density at radius 3 is 3.00 bits per heavy atom. The zero-order chi connectivity index (χ0) is 14.5. The van der Waals surface area contributed by atoms with Gasteiger partial charge < -0.3 is 10.1 Å². The number of aromatic amines is 1. The van der Waals surface area contributed by atoms with Crippen LogP contribution in [0, 0.1) is 0 Å². The molecule has 21 heavy (non-hydrogen) atoms. The summed E-state index contributed by atoms with van der Waals surface area (Å²) in [7, 11) is 1.65. The minimum atomic E-state index is 0.799. The number of hydrogen-bond acceptors (Lipinski definition) is 6. The Hall–Kier alpha value is -2.54. The summed E-state index contributed by atoms with van der Waals surface area (Å²) in [6.45, 7) is 0. The number of benzene rings is 1. The number of nitrogens with one attached hydrogen (secondary N) is 2. The van der Waals surface area contributed by atoms with E-state index in [-0.39, 0.29) is 0 Å². The van der Waals surface area contributed by atoms with Crippen LogP contribution in [0.1, 0.15) is 0 Å². The van der Waals surface area contributed by atoms with Crippen LogP contribution >= 0.6 is 11.8 Å². The van der Waals surface area contributed by atoms with Crippen molar-refractivity contribution in [2.75, 3.05) is 12.4 Å². The van der Waals surface area contributed by atoms with E-state index in [1.54, 1.807) is 19.5 Å². The monoisotopic (exact) mass is 299 g/mol. The molecular formula is C14H13N5OS. The molecule has 0 atom stereocenters. The van der Waals surface area contributed by atoms with Crippen molar-refractivity contribution < 1.29 is 4.74 Å². The lowest BCUT2D eigenvalue weighted by Gasteiger charge is -2.06. The lowest BCUT2D eigenvalue weighted by molar-refractivity contribution is 0.413. The Kier molecular flexibility index (Phi) is 4.02. The van der Waals surface area contributed by atoms with Gasteiger partial charge >= 0.3 is 0 Å². The third kappa shape index (κ3) is 3.51. The van der Waals surface area contributed by atoms with Crippen LogP contribution in [0.15, 0.2) is 58.7 Å². The predicted octanol–water partition coefficient (Wildman–Crippen LogP) is 3.10. The van der Waals surface area contributed by atoms with Crippen LogP contribution in [0.5, 0.6) is 5.75 Å². The normalized spacial score (nSPS) is 10.3. The number of aromatic nitrogens is 4. The van der Waals surface area contributed by atoms with Gasteiger partial charge in [-0.05, 0) is 24.3 Å². The maximum Gasteiger partial charge on any atom is 0.126 e. The summed E-state index contributed by atoms with van der Waals surface area (Å²) in [5.74, 6) is 1.63. The van der Waals surface area contributed by atoms with E-state index in [2.05, 4.69) is 25.7 Å². The van der Waals surface area contributed by atoms with Crippen LogP contribution in [0.4, 0.5) is 11.5 Å². The predicted molar refractivity (Wildman–Crippen MR) is 81.0 cm³/mol. The smallest absolute Gasteiger partial charge is 0.126 e. The number of H-pyrrole nitrogens is 1. The lowest BCUT2D eigenvalue weighted by atomic mass is 10.3. The van der Waals surface area contributed by atoms with Crippen LogP contribution in [0.3, 0.4) is 0 Å². The van der Waals surface area contributed by atoms with Gasteiger partial charge in [-0.25, -0.2) is 0 Å². The van der Waals surface area contributed by atoms with E-state index in [0.29, 0.717) is 0 Å². The van der Waals surface area contributed by atoms with Crippen LogP contribution in [-0.4, -0.2) is 27.5 Å². The van der Waals surface area contributed by atoms with Gasteiger partial charge in [0.15, 0.2) is 0 Å². The summed E-state index contributed by atoms with van der Waals surface area (Å²) in [6.07, 6.45) is 3.35. The van der Waals surface area contributed by atoms with E-state index < -0.39 is 0 Å². The minimum absolute atomic E-state index is 0.799. The SMILES string of the molecule is COc1cccc(Sc2cc(Nc3ccn[nH]3)cnn2)c1. The molecule has 0 aliphatic carbocycles. The quantitative estimate of drug-likeness (QED) is 0.754. The molecule has 7 heteroatoms. The van der Waals surface area contributed by atoms with Gasteiger partial charge in [-0.3, -0.25) is 5.10 Å². The minimum Gasteiger partial charge on any atom is -0.497 e. The Morgan fingerprint density at radius 1 is 1.24 bits per heavy atom. The molecule has 0 spiro atoms.